The molecule has 24 heavy (non-hydrogen) atoms. The summed E-state index contributed by atoms with van der Waals surface area (Å²) in [6.45, 7) is 2.99. The lowest BCUT2D eigenvalue weighted by Gasteiger charge is -2.27. The Hall–Kier alpha value is -0.810. The first kappa shape index (κ1) is 21.2. The molecule has 1 amide bonds. The zero-order chi connectivity index (χ0) is 15.4. The molecule has 0 aromatic heterocycles. The van der Waals surface area contributed by atoms with Crippen LogP contribution in [0.5, 0.6) is 0 Å². The van der Waals surface area contributed by atoms with Crippen molar-refractivity contribution < 1.29 is 4.79 Å². The van der Waals surface area contributed by atoms with Crippen LogP contribution < -0.4 is 11.1 Å². The van der Waals surface area contributed by atoms with Crippen molar-refractivity contribution in [2.75, 3.05) is 13.1 Å². The highest BCUT2D eigenvalue weighted by atomic mass is 35.5. The second-order valence-electron chi connectivity index (χ2n) is 6.84. The van der Waals surface area contributed by atoms with Crippen molar-refractivity contribution in [2.24, 2.45) is 11.7 Å². The third kappa shape index (κ3) is 5.92. The predicted octanol–water partition coefficient (Wildman–Crippen LogP) is 2.74. The summed E-state index contributed by atoms with van der Waals surface area (Å²) in [6.07, 6.45) is 5.06. The van der Waals surface area contributed by atoms with Gasteiger partial charge in [-0.25, -0.2) is 0 Å². The average molecular weight is 374 g/mol. The molecule has 2 aliphatic rings. The van der Waals surface area contributed by atoms with Crippen LogP contribution in [0.4, 0.5) is 0 Å². The molecule has 1 heterocycles. The van der Waals surface area contributed by atoms with E-state index in [2.05, 4.69) is 34.5 Å². The second kappa shape index (κ2) is 10.2. The van der Waals surface area contributed by atoms with Crippen molar-refractivity contribution in [3.63, 3.8) is 0 Å². The van der Waals surface area contributed by atoms with Gasteiger partial charge in [-0.1, -0.05) is 36.8 Å². The maximum atomic E-state index is 12.4. The van der Waals surface area contributed by atoms with Gasteiger partial charge in [0.15, 0.2) is 0 Å². The fourth-order valence-electron chi connectivity index (χ4n) is 3.72. The van der Waals surface area contributed by atoms with Crippen molar-refractivity contribution in [1.82, 2.24) is 10.2 Å². The number of rotatable bonds is 4. The molecular weight excluding hydrogens is 345 g/mol. The summed E-state index contributed by atoms with van der Waals surface area (Å²) in [5.41, 5.74) is 7.33. The minimum Gasteiger partial charge on any atom is -0.352 e. The van der Waals surface area contributed by atoms with Gasteiger partial charge in [-0.3, -0.25) is 9.69 Å². The Balaban J connectivity index is 0.00000144. The van der Waals surface area contributed by atoms with Crippen LogP contribution in [0.1, 0.15) is 37.7 Å². The lowest BCUT2D eigenvalue weighted by Crippen LogP contribution is -2.43. The van der Waals surface area contributed by atoms with Gasteiger partial charge in [0, 0.05) is 37.6 Å². The number of benzene rings is 1. The van der Waals surface area contributed by atoms with Crippen LogP contribution in [0, 0.1) is 5.92 Å². The molecule has 6 heteroatoms. The molecule has 0 spiro atoms. The first-order chi connectivity index (χ1) is 10.7. The summed E-state index contributed by atoms with van der Waals surface area (Å²) in [4.78, 5) is 14.8. The van der Waals surface area contributed by atoms with Gasteiger partial charge in [0.1, 0.15) is 0 Å². The zero-order valence-corrected chi connectivity index (χ0v) is 15.7. The number of carbonyl (C=O) groups is 1. The monoisotopic (exact) mass is 373 g/mol. The minimum atomic E-state index is 0. The highest BCUT2D eigenvalue weighted by Crippen LogP contribution is 2.24. The molecular formula is C18H29Cl2N3O. The first-order valence-corrected chi connectivity index (χ1v) is 8.53. The molecule has 0 radical (unpaired) electrons. The van der Waals surface area contributed by atoms with E-state index in [-0.39, 0.29) is 42.7 Å². The Morgan fingerprint density at radius 1 is 1.17 bits per heavy atom. The van der Waals surface area contributed by atoms with Gasteiger partial charge in [0.05, 0.1) is 0 Å². The van der Waals surface area contributed by atoms with Crippen molar-refractivity contribution in [3.05, 3.63) is 35.9 Å². The molecule has 4 nitrogen and oxygen atoms in total. The molecule has 1 aliphatic carbocycles. The lowest BCUT2D eigenvalue weighted by molar-refractivity contribution is -0.126. The summed E-state index contributed by atoms with van der Waals surface area (Å²) in [7, 11) is 0. The SMILES string of the molecule is Cl.Cl.NC1CCCC(C(=O)NC2CCN(Cc3ccccc3)C2)C1. The van der Waals surface area contributed by atoms with Gasteiger partial charge in [0.2, 0.25) is 5.91 Å². The van der Waals surface area contributed by atoms with Gasteiger partial charge in [-0.2, -0.15) is 0 Å². The van der Waals surface area contributed by atoms with Crippen LogP contribution in [0.2, 0.25) is 0 Å². The number of nitrogens with two attached hydrogens (primary N) is 1. The Kier molecular flexibility index (Phi) is 9.06. The molecule has 3 unspecified atom stereocenters. The van der Waals surface area contributed by atoms with Gasteiger partial charge >= 0.3 is 0 Å². The predicted molar refractivity (Wildman–Crippen MR) is 103 cm³/mol. The second-order valence-corrected chi connectivity index (χ2v) is 6.84. The van der Waals surface area contributed by atoms with E-state index >= 15 is 0 Å². The summed E-state index contributed by atoms with van der Waals surface area (Å²) in [6, 6.07) is 11.0. The molecule has 3 rings (SSSR count). The molecule has 136 valence electrons. The maximum Gasteiger partial charge on any atom is 0.223 e. The quantitative estimate of drug-likeness (QED) is 0.852. The van der Waals surface area contributed by atoms with Gasteiger partial charge in [-0.15, -0.1) is 24.8 Å². The highest BCUT2D eigenvalue weighted by molar-refractivity contribution is 5.85. The Morgan fingerprint density at radius 2 is 1.92 bits per heavy atom. The fourth-order valence-corrected chi connectivity index (χ4v) is 3.72. The smallest absolute Gasteiger partial charge is 0.223 e. The topological polar surface area (TPSA) is 58.4 Å². The van der Waals surface area contributed by atoms with E-state index in [1.807, 2.05) is 6.07 Å². The number of hydrogen-bond acceptors (Lipinski definition) is 3. The Morgan fingerprint density at radius 3 is 2.62 bits per heavy atom. The molecule has 2 fully saturated rings. The van der Waals surface area contributed by atoms with Gasteiger partial charge < -0.3 is 11.1 Å². The zero-order valence-electron chi connectivity index (χ0n) is 14.0. The fraction of sp³-hybridized carbons (Fsp3) is 0.611. The van der Waals surface area contributed by atoms with Gasteiger partial charge in [-0.05, 0) is 31.2 Å². The minimum absolute atomic E-state index is 0. The van der Waals surface area contributed by atoms with E-state index in [1.54, 1.807) is 0 Å². The first-order valence-electron chi connectivity index (χ1n) is 8.53. The van der Waals surface area contributed by atoms with Crippen LogP contribution in [-0.4, -0.2) is 36.0 Å². The van der Waals surface area contributed by atoms with Gasteiger partial charge in [0.25, 0.3) is 0 Å². The van der Waals surface area contributed by atoms with E-state index in [0.29, 0.717) is 6.04 Å². The van der Waals surface area contributed by atoms with Crippen molar-refractivity contribution in [2.45, 2.75) is 50.7 Å². The number of carbonyl (C=O) groups excluding carboxylic acids is 1. The Labute approximate surface area is 157 Å². The summed E-state index contributed by atoms with van der Waals surface area (Å²) in [5, 5.41) is 3.25. The molecule has 3 N–H and O–H groups in total. The van der Waals surface area contributed by atoms with Crippen LogP contribution in [-0.2, 0) is 11.3 Å². The highest BCUT2D eigenvalue weighted by Gasteiger charge is 2.29. The van der Waals surface area contributed by atoms with E-state index < -0.39 is 0 Å². The molecule has 1 aromatic rings. The van der Waals surface area contributed by atoms with E-state index in [9.17, 15) is 4.79 Å². The van der Waals surface area contributed by atoms with Crippen LogP contribution >= 0.6 is 24.8 Å². The number of hydrogen-bond donors (Lipinski definition) is 2. The number of likely N-dealkylation sites (tertiary alicyclic amines) is 1. The van der Waals surface area contributed by atoms with E-state index in [0.717, 1.165) is 51.7 Å². The van der Waals surface area contributed by atoms with Crippen LogP contribution in [0.3, 0.4) is 0 Å². The summed E-state index contributed by atoms with van der Waals surface area (Å²) < 4.78 is 0. The molecule has 1 saturated heterocycles. The third-order valence-electron chi connectivity index (χ3n) is 4.95. The summed E-state index contributed by atoms with van der Waals surface area (Å²) in [5.74, 6) is 0.355. The number of nitrogens with one attached hydrogen (secondary N) is 1. The Bertz CT molecular complexity index is 500. The van der Waals surface area contributed by atoms with Crippen LogP contribution in [0.25, 0.3) is 0 Å². The molecule has 0 bridgehead atoms. The molecule has 3 atom stereocenters. The van der Waals surface area contributed by atoms with Crippen molar-refractivity contribution in [1.29, 1.82) is 0 Å². The largest absolute Gasteiger partial charge is 0.352 e. The van der Waals surface area contributed by atoms with E-state index in [1.165, 1.54) is 5.56 Å². The number of amides is 1. The summed E-state index contributed by atoms with van der Waals surface area (Å²) >= 11 is 0. The molecule has 1 aromatic carbocycles. The average Bonchev–Trinajstić information content (AvgIpc) is 2.95. The normalized spacial score (nSPS) is 27.0. The third-order valence-corrected chi connectivity index (χ3v) is 4.95. The number of halogens is 2. The number of nitrogens with zero attached hydrogens (tertiary/aromatic N) is 1. The lowest BCUT2D eigenvalue weighted by atomic mass is 9.85. The maximum absolute atomic E-state index is 12.4. The standard InChI is InChI=1S/C18H27N3O.2ClH/c19-16-8-4-7-15(11-16)18(22)20-17-9-10-21(13-17)12-14-5-2-1-3-6-14;;/h1-3,5-6,15-17H,4,7-13,19H2,(H,20,22);2*1H. The van der Waals surface area contributed by atoms with Crippen molar-refractivity contribution >= 4 is 30.7 Å². The molecule has 1 aliphatic heterocycles. The molecule has 1 saturated carbocycles. The van der Waals surface area contributed by atoms with Crippen LogP contribution in [0.15, 0.2) is 30.3 Å². The van der Waals surface area contributed by atoms with E-state index in [4.69, 9.17) is 5.73 Å². The van der Waals surface area contributed by atoms with Crippen molar-refractivity contribution in [3.8, 4) is 0 Å².